The molecule has 1 aromatic heterocycles. The van der Waals surface area contributed by atoms with Crippen LogP contribution in [0.25, 0.3) is 0 Å². The molecule has 0 aliphatic heterocycles. The molecule has 0 radical (unpaired) electrons. The Labute approximate surface area is 114 Å². The van der Waals surface area contributed by atoms with Crippen LogP contribution in [0, 0.1) is 5.92 Å². The summed E-state index contributed by atoms with van der Waals surface area (Å²) in [4.78, 5) is 10.9. The zero-order chi connectivity index (χ0) is 13.5. The molecule has 18 heavy (non-hydrogen) atoms. The molecule has 1 rings (SSSR count). The summed E-state index contributed by atoms with van der Waals surface area (Å²) in [6.07, 6.45) is 0. The first kappa shape index (κ1) is 15.2. The fourth-order valence-corrected chi connectivity index (χ4v) is 1.89. The first-order valence-corrected chi connectivity index (χ1v) is 6.80. The third-order valence-corrected chi connectivity index (χ3v) is 2.65. The van der Waals surface area contributed by atoms with E-state index < -0.39 is 0 Å². The molecule has 0 saturated heterocycles. The summed E-state index contributed by atoms with van der Waals surface area (Å²) in [6, 6.07) is 1.81. The van der Waals surface area contributed by atoms with E-state index >= 15 is 0 Å². The first-order valence-electron chi connectivity index (χ1n) is 6.42. The van der Waals surface area contributed by atoms with E-state index in [2.05, 4.69) is 35.6 Å². The van der Waals surface area contributed by atoms with Crippen molar-refractivity contribution >= 4 is 17.4 Å². The second-order valence-corrected chi connectivity index (χ2v) is 4.92. The van der Waals surface area contributed by atoms with Crippen molar-refractivity contribution in [1.29, 1.82) is 0 Å². The van der Waals surface area contributed by atoms with Crippen molar-refractivity contribution in [3.63, 3.8) is 0 Å². The molecule has 0 fully saturated rings. The van der Waals surface area contributed by atoms with Gasteiger partial charge in [0.1, 0.15) is 17.6 Å². The third kappa shape index (κ3) is 4.78. The number of rotatable bonds is 7. The Balaban J connectivity index is 2.88. The van der Waals surface area contributed by atoms with Crippen LogP contribution in [0.5, 0.6) is 0 Å². The van der Waals surface area contributed by atoms with E-state index in [1.54, 1.807) is 0 Å². The van der Waals surface area contributed by atoms with Crippen LogP contribution in [0.4, 0.5) is 5.82 Å². The van der Waals surface area contributed by atoms with Gasteiger partial charge in [0.2, 0.25) is 0 Å². The smallest absolute Gasteiger partial charge is 0.158 e. The topological polar surface area (TPSA) is 38.2 Å². The van der Waals surface area contributed by atoms with Crippen LogP contribution in [-0.4, -0.2) is 29.7 Å². The zero-order valence-corrected chi connectivity index (χ0v) is 12.4. The number of ether oxygens (including phenoxy) is 1. The molecular weight excluding hydrogens is 250 g/mol. The lowest BCUT2D eigenvalue weighted by Gasteiger charge is -2.24. The number of hydrogen-bond donors (Lipinski definition) is 0. The Bertz CT molecular complexity index is 371. The molecule has 0 N–H and O–H groups in total. The van der Waals surface area contributed by atoms with Gasteiger partial charge in [0.15, 0.2) is 5.82 Å². The lowest BCUT2D eigenvalue weighted by atomic mass is 10.2. The van der Waals surface area contributed by atoms with Crippen molar-refractivity contribution in [3.8, 4) is 0 Å². The molecule has 4 nitrogen and oxygen atoms in total. The summed E-state index contributed by atoms with van der Waals surface area (Å²) >= 11 is 6.03. The van der Waals surface area contributed by atoms with Gasteiger partial charge >= 0.3 is 0 Å². The monoisotopic (exact) mass is 271 g/mol. The maximum Gasteiger partial charge on any atom is 0.158 e. The van der Waals surface area contributed by atoms with E-state index in [-0.39, 0.29) is 0 Å². The molecule has 102 valence electrons. The molecule has 0 atom stereocenters. The molecule has 0 bridgehead atoms. The molecule has 1 heterocycles. The largest absolute Gasteiger partial charge is 0.374 e. The second-order valence-electron chi connectivity index (χ2n) is 4.53. The Hall–Kier alpha value is -0.870. The Morgan fingerprint density at radius 3 is 2.61 bits per heavy atom. The number of aromatic nitrogens is 2. The van der Waals surface area contributed by atoms with Gasteiger partial charge in [-0.1, -0.05) is 25.4 Å². The zero-order valence-electron chi connectivity index (χ0n) is 11.6. The molecule has 0 aliphatic rings. The highest BCUT2D eigenvalue weighted by atomic mass is 35.5. The SMILES string of the molecule is CCOCc1nc(Cl)cc(N(CC)CC(C)C)n1. The standard InChI is InChI=1S/C13H22ClN3O/c1-5-17(8-10(3)4)13-7-11(14)15-12(16-13)9-18-6-2/h7,10H,5-6,8-9H2,1-4H3. The molecule has 0 aliphatic carbocycles. The van der Waals surface area contributed by atoms with E-state index in [9.17, 15) is 0 Å². The Morgan fingerprint density at radius 2 is 2.06 bits per heavy atom. The number of halogens is 1. The van der Waals surface area contributed by atoms with Crippen LogP contribution >= 0.6 is 11.6 Å². The van der Waals surface area contributed by atoms with Gasteiger partial charge in [0.05, 0.1) is 0 Å². The minimum absolute atomic E-state index is 0.406. The molecule has 5 heteroatoms. The number of anilines is 1. The summed E-state index contributed by atoms with van der Waals surface area (Å²) in [5, 5.41) is 0.469. The van der Waals surface area contributed by atoms with Crippen molar-refractivity contribution < 1.29 is 4.74 Å². The van der Waals surface area contributed by atoms with Crippen LogP contribution in [0.1, 0.15) is 33.5 Å². The fraction of sp³-hybridized carbons (Fsp3) is 0.692. The van der Waals surface area contributed by atoms with Crippen molar-refractivity contribution in [2.45, 2.75) is 34.3 Å². The molecular formula is C13H22ClN3O. The summed E-state index contributed by atoms with van der Waals surface area (Å²) in [6.45, 7) is 11.3. The highest BCUT2D eigenvalue weighted by Crippen LogP contribution is 2.17. The second kappa shape index (κ2) is 7.54. The Morgan fingerprint density at radius 1 is 1.33 bits per heavy atom. The van der Waals surface area contributed by atoms with Gasteiger partial charge in [-0.15, -0.1) is 0 Å². The maximum atomic E-state index is 6.03. The third-order valence-electron chi connectivity index (χ3n) is 2.45. The van der Waals surface area contributed by atoms with Gasteiger partial charge in [-0.2, -0.15) is 0 Å². The summed E-state index contributed by atoms with van der Waals surface area (Å²) in [5.41, 5.74) is 0. The van der Waals surface area contributed by atoms with Crippen molar-refractivity contribution in [2.75, 3.05) is 24.6 Å². The van der Waals surface area contributed by atoms with Crippen LogP contribution < -0.4 is 4.90 Å². The molecule has 0 unspecified atom stereocenters. The average Bonchev–Trinajstić information content (AvgIpc) is 2.32. The van der Waals surface area contributed by atoms with Gasteiger partial charge in [-0.05, 0) is 19.8 Å². The lowest BCUT2D eigenvalue weighted by molar-refractivity contribution is 0.128. The van der Waals surface area contributed by atoms with E-state index in [1.807, 2.05) is 13.0 Å². The van der Waals surface area contributed by atoms with E-state index in [4.69, 9.17) is 16.3 Å². The van der Waals surface area contributed by atoms with Crippen LogP contribution in [-0.2, 0) is 11.3 Å². The van der Waals surface area contributed by atoms with Crippen molar-refractivity contribution in [1.82, 2.24) is 9.97 Å². The molecule has 0 aromatic carbocycles. The first-order chi connectivity index (χ1) is 8.56. The summed E-state index contributed by atoms with van der Waals surface area (Å²) < 4.78 is 5.32. The van der Waals surface area contributed by atoms with E-state index in [0.717, 1.165) is 18.9 Å². The number of hydrogen-bond acceptors (Lipinski definition) is 4. The molecule has 0 amide bonds. The predicted molar refractivity (Wildman–Crippen MR) is 75.1 cm³/mol. The van der Waals surface area contributed by atoms with Crippen molar-refractivity contribution in [3.05, 3.63) is 17.0 Å². The van der Waals surface area contributed by atoms with Gasteiger partial charge in [0.25, 0.3) is 0 Å². The number of nitrogens with zero attached hydrogens (tertiary/aromatic N) is 3. The maximum absolute atomic E-state index is 6.03. The summed E-state index contributed by atoms with van der Waals surface area (Å²) in [7, 11) is 0. The van der Waals surface area contributed by atoms with Gasteiger partial charge in [-0.3, -0.25) is 0 Å². The normalized spacial score (nSPS) is 11.0. The predicted octanol–water partition coefficient (Wildman–Crippen LogP) is 3.15. The fourth-order valence-electron chi connectivity index (χ4n) is 1.70. The quantitative estimate of drug-likeness (QED) is 0.714. The summed E-state index contributed by atoms with van der Waals surface area (Å²) in [5.74, 6) is 2.09. The van der Waals surface area contributed by atoms with Crippen LogP contribution in [0.15, 0.2) is 6.07 Å². The van der Waals surface area contributed by atoms with Gasteiger partial charge in [-0.25, -0.2) is 9.97 Å². The van der Waals surface area contributed by atoms with E-state index in [0.29, 0.717) is 30.1 Å². The van der Waals surface area contributed by atoms with Gasteiger partial charge < -0.3 is 9.64 Å². The Kier molecular flexibility index (Phi) is 6.36. The average molecular weight is 272 g/mol. The van der Waals surface area contributed by atoms with Gasteiger partial charge in [0, 0.05) is 25.8 Å². The highest BCUT2D eigenvalue weighted by molar-refractivity contribution is 6.29. The van der Waals surface area contributed by atoms with Crippen LogP contribution in [0.2, 0.25) is 5.15 Å². The molecule has 1 aromatic rings. The molecule has 0 saturated carbocycles. The van der Waals surface area contributed by atoms with Crippen molar-refractivity contribution in [2.24, 2.45) is 5.92 Å². The highest BCUT2D eigenvalue weighted by Gasteiger charge is 2.11. The van der Waals surface area contributed by atoms with Crippen LogP contribution in [0.3, 0.4) is 0 Å². The minimum atomic E-state index is 0.406. The molecule has 0 spiro atoms. The van der Waals surface area contributed by atoms with E-state index in [1.165, 1.54) is 0 Å². The minimum Gasteiger partial charge on any atom is -0.374 e. The lowest BCUT2D eigenvalue weighted by Crippen LogP contribution is -2.28.